The van der Waals surface area contributed by atoms with Crippen LogP contribution in [0.25, 0.3) is 0 Å². The van der Waals surface area contributed by atoms with Crippen LogP contribution in [0.15, 0.2) is 0 Å². The Hall–Kier alpha value is -0.410. The van der Waals surface area contributed by atoms with Crippen LogP contribution in [-0.2, 0) is 9.53 Å². The molecule has 62 valence electrons. The molecule has 0 aliphatic carbocycles. The Morgan fingerprint density at radius 2 is 2.55 bits per heavy atom. The summed E-state index contributed by atoms with van der Waals surface area (Å²) >= 11 is 0. The zero-order valence-corrected chi connectivity index (χ0v) is 6.64. The van der Waals surface area contributed by atoms with Crippen LogP contribution in [0.2, 0.25) is 0 Å². The van der Waals surface area contributed by atoms with Crippen molar-refractivity contribution in [3.05, 3.63) is 0 Å². The molecule has 3 heteroatoms. The molecule has 3 nitrogen and oxygen atoms in total. The van der Waals surface area contributed by atoms with Gasteiger partial charge >= 0.3 is 0 Å². The van der Waals surface area contributed by atoms with E-state index in [0.29, 0.717) is 18.6 Å². The Morgan fingerprint density at radius 3 is 3.27 bits per heavy atom. The second kappa shape index (κ2) is 2.29. The fraction of sp³-hybridized carbons (Fsp3) is 0.875. The van der Waals surface area contributed by atoms with E-state index >= 15 is 0 Å². The number of quaternary nitrogens is 1. The van der Waals surface area contributed by atoms with Crippen LogP contribution in [-0.4, -0.2) is 24.0 Å². The van der Waals surface area contributed by atoms with E-state index < -0.39 is 0 Å². The van der Waals surface area contributed by atoms with E-state index in [0.717, 1.165) is 19.4 Å². The van der Waals surface area contributed by atoms with Crippen LogP contribution in [0, 0.1) is 0 Å². The van der Waals surface area contributed by atoms with Crippen molar-refractivity contribution in [1.29, 1.82) is 0 Å². The maximum absolute atomic E-state index is 11.2. The monoisotopic (exact) mass is 156 g/mol. The van der Waals surface area contributed by atoms with Gasteiger partial charge in [-0.05, 0) is 12.8 Å². The van der Waals surface area contributed by atoms with Crippen LogP contribution < -0.4 is 5.73 Å². The zero-order valence-electron chi connectivity index (χ0n) is 6.64. The molecule has 0 spiro atoms. The Labute approximate surface area is 65.9 Å². The average Bonchev–Trinajstić information content (AvgIpc) is 2.28. The summed E-state index contributed by atoms with van der Waals surface area (Å²) < 4.78 is 5.72. The summed E-state index contributed by atoms with van der Waals surface area (Å²) in [4.78, 5) is 11.2. The van der Waals surface area contributed by atoms with Gasteiger partial charge in [-0.25, -0.2) is 0 Å². The van der Waals surface area contributed by atoms with Gasteiger partial charge in [-0.2, -0.15) is 0 Å². The van der Waals surface area contributed by atoms with Crippen molar-refractivity contribution in [3.8, 4) is 0 Å². The van der Waals surface area contributed by atoms with E-state index in [1.54, 1.807) is 0 Å². The average molecular weight is 156 g/mol. The van der Waals surface area contributed by atoms with Gasteiger partial charge in [0.1, 0.15) is 17.9 Å². The van der Waals surface area contributed by atoms with Crippen molar-refractivity contribution in [2.24, 2.45) is 0 Å². The normalized spacial score (nSPS) is 43.0. The van der Waals surface area contributed by atoms with Crippen molar-refractivity contribution in [1.82, 2.24) is 0 Å². The number of hydrogen-bond donors (Lipinski definition) is 1. The number of rotatable bonds is 1. The van der Waals surface area contributed by atoms with E-state index in [4.69, 9.17) is 4.74 Å². The minimum atomic E-state index is -0.153. The molecule has 0 amide bonds. The lowest BCUT2D eigenvalue weighted by Gasteiger charge is -2.29. The molecule has 2 aliphatic rings. The van der Waals surface area contributed by atoms with Crippen molar-refractivity contribution < 1.29 is 15.3 Å². The minimum Gasteiger partial charge on any atom is -0.365 e. The van der Waals surface area contributed by atoms with Gasteiger partial charge in [0.25, 0.3) is 0 Å². The summed E-state index contributed by atoms with van der Waals surface area (Å²) in [6.45, 7) is 0.745. The molecule has 0 aromatic rings. The van der Waals surface area contributed by atoms with E-state index in [1.807, 2.05) is 0 Å². The smallest absolute Gasteiger partial charge is 0.138 e. The van der Waals surface area contributed by atoms with Crippen LogP contribution in [0.1, 0.15) is 25.7 Å². The van der Waals surface area contributed by atoms with Gasteiger partial charge in [0.05, 0.1) is 6.10 Å². The van der Waals surface area contributed by atoms with Crippen molar-refractivity contribution in [2.45, 2.75) is 37.4 Å². The van der Waals surface area contributed by atoms with Gasteiger partial charge < -0.3 is 10.5 Å². The Morgan fingerprint density at radius 1 is 1.73 bits per heavy atom. The molecule has 3 N–H and O–H groups in total. The summed E-state index contributed by atoms with van der Waals surface area (Å²) in [7, 11) is 0. The Bertz CT molecular complexity index is 193. The fourth-order valence-corrected chi connectivity index (χ4v) is 2.13. The van der Waals surface area contributed by atoms with Gasteiger partial charge in [0, 0.05) is 12.8 Å². The highest BCUT2D eigenvalue weighted by Crippen LogP contribution is 2.38. The van der Waals surface area contributed by atoms with Crippen LogP contribution in [0.4, 0.5) is 0 Å². The van der Waals surface area contributed by atoms with E-state index in [1.165, 1.54) is 0 Å². The predicted octanol–water partition coefficient (Wildman–Crippen LogP) is -0.491. The first-order valence-corrected chi connectivity index (χ1v) is 4.23. The number of fused-ring (bicyclic) bond motifs is 2. The molecule has 2 bridgehead atoms. The van der Waals surface area contributed by atoms with Crippen LogP contribution in [0.3, 0.4) is 0 Å². The molecule has 2 atom stereocenters. The molecular formula is C8H14NO2+. The van der Waals surface area contributed by atoms with Gasteiger partial charge in [-0.1, -0.05) is 0 Å². The maximum atomic E-state index is 11.2. The number of carbonyl (C=O) groups is 1. The third-order valence-electron chi connectivity index (χ3n) is 2.77. The first-order valence-electron chi connectivity index (χ1n) is 4.23. The standard InChI is InChI=1S/C8H13NO2/c9-5-8-2-1-7(11-8)3-6(10)4-8/h7H,1-5,9H2/p+1/t7-,8+/m1/s1. The summed E-state index contributed by atoms with van der Waals surface area (Å²) in [5, 5.41) is 0. The van der Waals surface area contributed by atoms with Crippen LogP contribution >= 0.6 is 0 Å². The quantitative estimate of drug-likeness (QED) is 0.557. The number of ketones is 1. The molecule has 0 radical (unpaired) electrons. The summed E-state index contributed by atoms with van der Waals surface area (Å²) in [6.07, 6.45) is 3.56. The molecule has 0 aromatic heterocycles. The second-order valence-electron chi connectivity index (χ2n) is 3.63. The Kier molecular flexibility index (Phi) is 1.51. The van der Waals surface area contributed by atoms with Crippen molar-refractivity contribution >= 4 is 5.78 Å². The van der Waals surface area contributed by atoms with E-state index in [-0.39, 0.29) is 11.7 Å². The minimum absolute atomic E-state index is 0.153. The molecule has 0 unspecified atom stereocenters. The summed E-state index contributed by atoms with van der Waals surface area (Å²) in [6, 6.07) is 0. The third-order valence-corrected chi connectivity index (χ3v) is 2.77. The third kappa shape index (κ3) is 1.08. The SMILES string of the molecule is [NH3+]C[C@]12CC[C@H](CC(=O)C1)O2. The largest absolute Gasteiger partial charge is 0.365 e. The summed E-state index contributed by atoms with van der Waals surface area (Å²) in [5.74, 6) is 0.363. The van der Waals surface area contributed by atoms with Crippen molar-refractivity contribution in [2.75, 3.05) is 6.54 Å². The molecular weight excluding hydrogens is 142 g/mol. The first-order chi connectivity index (χ1) is 5.24. The number of hydrogen-bond acceptors (Lipinski definition) is 2. The molecule has 2 heterocycles. The van der Waals surface area contributed by atoms with E-state index in [9.17, 15) is 4.79 Å². The molecule has 2 rings (SSSR count). The lowest BCUT2D eigenvalue weighted by Crippen LogP contribution is -2.62. The maximum Gasteiger partial charge on any atom is 0.138 e. The lowest BCUT2D eigenvalue weighted by atomic mass is 9.94. The van der Waals surface area contributed by atoms with E-state index in [2.05, 4.69) is 5.73 Å². The topological polar surface area (TPSA) is 53.9 Å². The number of Topliss-reactive ketones (excluding diaryl/α,β-unsaturated/α-hetero) is 1. The highest BCUT2D eigenvalue weighted by atomic mass is 16.5. The first kappa shape index (κ1) is 7.25. The predicted molar refractivity (Wildman–Crippen MR) is 38.8 cm³/mol. The molecule has 11 heavy (non-hydrogen) atoms. The molecule has 2 saturated heterocycles. The number of carbonyl (C=O) groups excluding carboxylic acids is 1. The fourth-order valence-electron chi connectivity index (χ4n) is 2.13. The van der Waals surface area contributed by atoms with Crippen LogP contribution in [0.5, 0.6) is 0 Å². The highest BCUT2D eigenvalue weighted by Gasteiger charge is 2.46. The zero-order chi connectivity index (χ0) is 7.90. The van der Waals surface area contributed by atoms with Crippen molar-refractivity contribution in [3.63, 3.8) is 0 Å². The number of ether oxygens (including phenoxy) is 1. The molecule has 2 fully saturated rings. The van der Waals surface area contributed by atoms with Gasteiger partial charge in [-0.15, -0.1) is 0 Å². The molecule has 0 aromatic carbocycles. The summed E-state index contributed by atoms with van der Waals surface area (Å²) in [5.41, 5.74) is 3.68. The van der Waals surface area contributed by atoms with Gasteiger partial charge in [-0.3, -0.25) is 4.79 Å². The van der Waals surface area contributed by atoms with Gasteiger partial charge in [0.15, 0.2) is 0 Å². The molecule has 2 aliphatic heterocycles. The highest BCUT2D eigenvalue weighted by molar-refractivity contribution is 5.81. The lowest BCUT2D eigenvalue weighted by molar-refractivity contribution is -0.402. The van der Waals surface area contributed by atoms with Gasteiger partial charge in [0.2, 0.25) is 0 Å². The second-order valence-corrected chi connectivity index (χ2v) is 3.63. The Balaban J connectivity index is 2.18. The molecule has 0 saturated carbocycles.